The molecule has 0 aliphatic heterocycles. The van der Waals surface area contributed by atoms with Gasteiger partial charge in [-0.25, -0.2) is 0 Å². The van der Waals surface area contributed by atoms with Crippen molar-refractivity contribution in [1.29, 1.82) is 0 Å². The molecule has 0 bridgehead atoms. The van der Waals surface area contributed by atoms with Crippen molar-refractivity contribution in [3.63, 3.8) is 0 Å². The van der Waals surface area contributed by atoms with Crippen LogP contribution < -0.4 is 4.74 Å². The third kappa shape index (κ3) is 3.97. The summed E-state index contributed by atoms with van der Waals surface area (Å²) in [6, 6.07) is 4.93. The fourth-order valence-electron chi connectivity index (χ4n) is 1.71. The lowest BCUT2D eigenvalue weighted by Gasteiger charge is -2.16. The predicted molar refractivity (Wildman–Crippen MR) is 67.7 cm³/mol. The Kier molecular flexibility index (Phi) is 5.54. The van der Waals surface area contributed by atoms with Crippen LogP contribution in [0.3, 0.4) is 0 Å². The highest BCUT2D eigenvalue weighted by molar-refractivity contribution is 5.48. The summed E-state index contributed by atoms with van der Waals surface area (Å²) < 4.78 is 4.94. The molecule has 0 atom stereocenters. The first kappa shape index (κ1) is 14.4. The van der Waals surface area contributed by atoms with E-state index in [9.17, 15) is 10.1 Å². The van der Waals surface area contributed by atoms with Crippen LogP contribution in [-0.2, 0) is 6.54 Å². The minimum atomic E-state index is -0.448. The standard InChI is InChI=1S/C12H18N2O4/c1-13(6-3-7-15)9-10-4-5-12(18-2)11(8-10)14(16)17/h4-5,8,15H,3,6-7,9H2,1-2H3. The van der Waals surface area contributed by atoms with Gasteiger partial charge < -0.3 is 14.7 Å². The van der Waals surface area contributed by atoms with Crippen molar-refractivity contribution in [2.75, 3.05) is 27.3 Å². The van der Waals surface area contributed by atoms with Crippen LogP contribution in [0.25, 0.3) is 0 Å². The Bertz CT molecular complexity index is 409. The number of ether oxygens (including phenoxy) is 1. The maximum atomic E-state index is 10.9. The number of nitrogens with zero attached hydrogens (tertiary/aromatic N) is 2. The lowest BCUT2D eigenvalue weighted by molar-refractivity contribution is -0.385. The number of benzene rings is 1. The molecule has 1 aromatic rings. The molecule has 6 heteroatoms. The number of aliphatic hydroxyl groups is 1. The van der Waals surface area contributed by atoms with Gasteiger partial charge in [-0.2, -0.15) is 0 Å². The third-order valence-corrected chi connectivity index (χ3v) is 2.59. The monoisotopic (exact) mass is 254 g/mol. The summed E-state index contributed by atoms with van der Waals surface area (Å²) in [6.45, 7) is 1.49. The lowest BCUT2D eigenvalue weighted by atomic mass is 10.1. The maximum Gasteiger partial charge on any atom is 0.311 e. The van der Waals surface area contributed by atoms with Crippen LogP contribution in [0.4, 0.5) is 5.69 Å². The van der Waals surface area contributed by atoms with Crippen molar-refractivity contribution in [2.45, 2.75) is 13.0 Å². The van der Waals surface area contributed by atoms with Crippen molar-refractivity contribution in [1.82, 2.24) is 4.90 Å². The minimum Gasteiger partial charge on any atom is -0.490 e. The highest BCUT2D eigenvalue weighted by Gasteiger charge is 2.15. The first-order valence-electron chi connectivity index (χ1n) is 5.69. The van der Waals surface area contributed by atoms with Gasteiger partial charge in [-0.05, 0) is 25.1 Å². The lowest BCUT2D eigenvalue weighted by Crippen LogP contribution is -2.19. The zero-order valence-electron chi connectivity index (χ0n) is 10.6. The molecule has 0 fully saturated rings. The Morgan fingerprint density at radius 3 is 2.78 bits per heavy atom. The van der Waals surface area contributed by atoms with Crippen LogP contribution in [-0.4, -0.2) is 42.2 Å². The molecule has 0 amide bonds. The molecule has 1 aromatic carbocycles. The van der Waals surface area contributed by atoms with E-state index in [0.717, 1.165) is 12.1 Å². The van der Waals surface area contributed by atoms with Crippen molar-refractivity contribution < 1.29 is 14.8 Å². The average Bonchev–Trinajstić information content (AvgIpc) is 2.36. The predicted octanol–water partition coefficient (Wildman–Crippen LogP) is 1.42. The highest BCUT2D eigenvalue weighted by Crippen LogP contribution is 2.27. The molecule has 100 valence electrons. The van der Waals surface area contributed by atoms with Gasteiger partial charge in [-0.15, -0.1) is 0 Å². The molecular formula is C12H18N2O4. The van der Waals surface area contributed by atoms with E-state index in [1.165, 1.54) is 13.2 Å². The van der Waals surface area contributed by atoms with E-state index in [1.807, 2.05) is 11.9 Å². The van der Waals surface area contributed by atoms with Gasteiger partial charge in [-0.3, -0.25) is 10.1 Å². The van der Waals surface area contributed by atoms with Crippen molar-refractivity contribution in [3.8, 4) is 5.75 Å². The van der Waals surface area contributed by atoms with Crippen molar-refractivity contribution in [3.05, 3.63) is 33.9 Å². The Hall–Kier alpha value is -1.66. The van der Waals surface area contributed by atoms with Crippen LogP contribution >= 0.6 is 0 Å². The third-order valence-electron chi connectivity index (χ3n) is 2.59. The Labute approximate surface area is 106 Å². The molecule has 1 N–H and O–H groups in total. The summed E-state index contributed by atoms with van der Waals surface area (Å²) in [5.41, 5.74) is 0.827. The van der Waals surface area contributed by atoms with Gasteiger partial charge in [0, 0.05) is 25.8 Å². The first-order chi connectivity index (χ1) is 8.58. The van der Waals surface area contributed by atoms with Crippen molar-refractivity contribution >= 4 is 5.69 Å². The van der Waals surface area contributed by atoms with Gasteiger partial charge >= 0.3 is 5.69 Å². The van der Waals surface area contributed by atoms with Gasteiger partial charge in [-0.1, -0.05) is 6.07 Å². The van der Waals surface area contributed by atoms with Gasteiger partial charge in [0.2, 0.25) is 0 Å². The fraction of sp³-hybridized carbons (Fsp3) is 0.500. The van der Waals surface area contributed by atoms with Crippen LogP contribution in [0, 0.1) is 10.1 Å². The van der Waals surface area contributed by atoms with Crippen molar-refractivity contribution in [2.24, 2.45) is 0 Å². The summed E-state index contributed by atoms with van der Waals surface area (Å²) in [5.74, 6) is 0.266. The molecule has 18 heavy (non-hydrogen) atoms. The van der Waals surface area contributed by atoms with E-state index in [0.29, 0.717) is 13.0 Å². The normalized spacial score (nSPS) is 10.7. The number of rotatable bonds is 7. The molecule has 0 aliphatic carbocycles. The van der Waals surface area contributed by atoms with E-state index in [2.05, 4.69) is 0 Å². The molecule has 0 aromatic heterocycles. The van der Waals surface area contributed by atoms with E-state index in [4.69, 9.17) is 9.84 Å². The topological polar surface area (TPSA) is 75.8 Å². The Morgan fingerprint density at radius 2 is 2.22 bits per heavy atom. The van der Waals surface area contributed by atoms with Crippen LogP contribution in [0.15, 0.2) is 18.2 Å². The summed E-state index contributed by atoms with van der Waals surface area (Å²) in [7, 11) is 3.32. The quantitative estimate of drug-likeness (QED) is 0.588. The van der Waals surface area contributed by atoms with E-state index in [1.54, 1.807) is 12.1 Å². The number of methoxy groups -OCH3 is 1. The van der Waals surface area contributed by atoms with E-state index < -0.39 is 4.92 Å². The summed E-state index contributed by atoms with van der Waals surface area (Å²) in [6.07, 6.45) is 0.689. The molecular weight excluding hydrogens is 236 g/mol. The van der Waals surface area contributed by atoms with Crippen LogP contribution in [0.1, 0.15) is 12.0 Å². The van der Waals surface area contributed by atoms with Gasteiger partial charge in [0.05, 0.1) is 12.0 Å². The molecule has 0 saturated heterocycles. The highest BCUT2D eigenvalue weighted by atomic mass is 16.6. The summed E-state index contributed by atoms with van der Waals surface area (Å²) in [4.78, 5) is 12.4. The molecule has 0 unspecified atom stereocenters. The smallest absolute Gasteiger partial charge is 0.311 e. The second-order valence-electron chi connectivity index (χ2n) is 4.08. The molecule has 1 rings (SSSR count). The number of aliphatic hydroxyl groups excluding tert-OH is 1. The second kappa shape index (κ2) is 6.93. The second-order valence-corrected chi connectivity index (χ2v) is 4.08. The molecule has 0 radical (unpaired) electrons. The van der Waals surface area contributed by atoms with Crippen LogP contribution in [0.5, 0.6) is 5.75 Å². The number of nitro benzene ring substituents is 1. The summed E-state index contributed by atoms with van der Waals surface area (Å²) >= 11 is 0. The zero-order chi connectivity index (χ0) is 13.5. The van der Waals surface area contributed by atoms with Gasteiger partial charge in [0.25, 0.3) is 0 Å². The number of nitro groups is 1. The molecule has 0 aliphatic rings. The van der Waals surface area contributed by atoms with Gasteiger partial charge in [0.15, 0.2) is 5.75 Å². The Balaban J connectivity index is 2.78. The molecule has 6 nitrogen and oxygen atoms in total. The van der Waals surface area contributed by atoms with Gasteiger partial charge in [0.1, 0.15) is 0 Å². The largest absolute Gasteiger partial charge is 0.490 e. The molecule has 0 spiro atoms. The minimum absolute atomic E-state index is 0.0226. The van der Waals surface area contributed by atoms with E-state index >= 15 is 0 Å². The maximum absolute atomic E-state index is 10.9. The Morgan fingerprint density at radius 1 is 1.50 bits per heavy atom. The zero-order valence-corrected chi connectivity index (χ0v) is 10.6. The first-order valence-corrected chi connectivity index (χ1v) is 5.69. The van der Waals surface area contributed by atoms with Crippen LogP contribution in [0.2, 0.25) is 0 Å². The number of hydrogen-bond acceptors (Lipinski definition) is 5. The SMILES string of the molecule is COc1ccc(CN(C)CCCO)cc1[N+](=O)[O-]. The average molecular weight is 254 g/mol. The molecule has 0 heterocycles. The molecule has 0 saturated carbocycles. The summed E-state index contributed by atoms with van der Waals surface area (Å²) in [5, 5.41) is 19.6. The van der Waals surface area contributed by atoms with E-state index in [-0.39, 0.29) is 18.0 Å². The fourth-order valence-corrected chi connectivity index (χ4v) is 1.71. The number of hydrogen-bond donors (Lipinski definition) is 1.